The first-order chi connectivity index (χ1) is 7.20. The van der Waals surface area contributed by atoms with Gasteiger partial charge in [-0.1, -0.05) is 15.9 Å². The highest BCUT2D eigenvalue weighted by atomic mass is 79.9. The molecule has 1 aliphatic rings. The monoisotopic (exact) mass is 287 g/mol. The number of aryl methyl sites for hydroxylation is 1. The lowest BCUT2D eigenvalue weighted by Crippen LogP contribution is -2.29. The smallest absolute Gasteiger partial charge is 0.0245 e. The molecule has 2 unspecified atom stereocenters. The number of thiophene rings is 1. The predicted octanol–water partition coefficient (Wildman–Crippen LogP) is 3.66. The minimum Gasteiger partial charge on any atom is -0.296 e. The molecule has 1 aromatic heterocycles. The molecule has 1 nitrogen and oxygen atoms in total. The maximum absolute atomic E-state index is 3.61. The molecule has 0 bridgehead atoms. The van der Waals surface area contributed by atoms with Crippen molar-refractivity contribution in [3.63, 3.8) is 0 Å². The molecule has 0 amide bonds. The zero-order valence-corrected chi connectivity index (χ0v) is 11.8. The van der Waals surface area contributed by atoms with Gasteiger partial charge in [-0.05, 0) is 49.7 Å². The van der Waals surface area contributed by atoms with E-state index in [2.05, 4.69) is 46.1 Å². The number of rotatable bonds is 3. The Kier molecular flexibility index (Phi) is 3.86. The van der Waals surface area contributed by atoms with Gasteiger partial charge in [0.05, 0.1) is 0 Å². The van der Waals surface area contributed by atoms with Gasteiger partial charge in [0.25, 0.3) is 0 Å². The zero-order chi connectivity index (χ0) is 10.8. The minimum atomic E-state index is 0.726. The molecule has 2 atom stereocenters. The largest absolute Gasteiger partial charge is 0.296 e. The molecule has 3 heteroatoms. The summed E-state index contributed by atoms with van der Waals surface area (Å²) in [7, 11) is 0. The van der Waals surface area contributed by atoms with Crippen LogP contribution < -0.4 is 0 Å². The summed E-state index contributed by atoms with van der Waals surface area (Å²) in [5, 5.41) is 3.44. The molecular formula is C12H18BrNS. The van der Waals surface area contributed by atoms with Gasteiger partial charge >= 0.3 is 0 Å². The van der Waals surface area contributed by atoms with Crippen LogP contribution in [0.15, 0.2) is 11.4 Å². The van der Waals surface area contributed by atoms with Crippen molar-refractivity contribution in [3.05, 3.63) is 21.9 Å². The van der Waals surface area contributed by atoms with Gasteiger partial charge in [-0.3, -0.25) is 4.90 Å². The molecule has 1 saturated heterocycles. The third-order valence-corrected chi connectivity index (χ3v) is 5.16. The number of halogens is 1. The fourth-order valence-electron chi connectivity index (χ4n) is 2.32. The molecule has 2 rings (SSSR count). The predicted molar refractivity (Wildman–Crippen MR) is 70.8 cm³/mol. The van der Waals surface area contributed by atoms with Crippen LogP contribution in [0.1, 0.15) is 23.8 Å². The second-order valence-corrected chi connectivity index (χ2v) is 6.24. The summed E-state index contributed by atoms with van der Waals surface area (Å²) in [4.78, 5) is 4.03. The van der Waals surface area contributed by atoms with Crippen LogP contribution >= 0.6 is 27.3 Å². The quantitative estimate of drug-likeness (QED) is 0.767. The van der Waals surface area contributed by atoms with Crippen LogP contribution in [0.4, 0.5) is 0 Å². The lowest BCUT2D eigenvalue weighted by molar-refractivity contribution is 0.241. The van der Waals surface area contributed by atoms with Gasteiger partial charge in [0.15, 0.2) is 0 Å². The van der Waals surface area contributed by atoms with Crippen molar-refractivity contribution >= 4 is 27.3 Å². The Morgan fingerprint density at radius 3 is 2.93 bits per heavy atom. The first-order valence-corrected chi connectivity index (χ1v) is 7.55. The molecule has 84 valence electrons. The van der Waals surface area contributed by atoms with E-state index in [1.165, 1.54) is 23.4 Å². The Morgan fingerprint density at radius 1 is 1.60 bits per heavy atom. The third kappa shape index (κ3) is 2.63. The molecule has 0 spiro atoms. The van der Waals surface area contributed by atoms with Gasteiger partial charge in [-0.15, -0.1) is 11.3 Å². The number of hydrogen-bond donors (Lipinski definition) is 0. The summed E-state index contributed by atoms with van der Waals surface area (Å²) in [5.41, 5.74) is 1.49. The molecule has 1 fully saturated rings. The Labute approximate surface area is 105 Å². The standard InChI is InChI=1S/C12H18BrNS/c1-9-5-11(8-15-9)7-14-4-3-12(6-13)10(14)2/h5,8,10,12H,3-4,6-7H2,1-2H3. The molecule has 1 aliphatic heterocycles. The average molecular weight is 288 g/mol. The molecule has 1 aromatic rings. The molecule has 0 aliphatic carbocycles. The maximum atomic E-state index is 3.61. The molecule has 0 saturated carbocycles. The fraction of sp³-hybridized carbons (Fsp3) is 0.667. The van der Waals surface area contributed by atoms with Crippen LogP contribution in [0.5, 0.6) is 0 Å². The number of likely N-dealkylation sites (tertiary alicyclic amines) is 1. The highest BCUT2D eigenvalue weighted by Gasteiger charge is 2.29. The highest BCUT2D eigenvalue weighted by Crippen LogP contribution is 2.27. The SMILES string of the molecule is Cc1cc(CN2CCC(CBr)C2C)cs1. The molecular weight excluding hydrogens is 270 g/mol. The van der Waals surface area contributed by atoms with Crippen molar-refractivity contribution in [2.75, 3.05) is 11.9 Å². The van der Waals surface area contributed by atoms with Crippen molar-refractivity contribution in [2.24, 2.45) is 5.92 Å². The molecule has 2 heterocycles. The summed E-state index contributed by atoms with van der Waals surface area (Å²) in [6, 6.07) is 3.04. The number of hydrogen-bond acceptors (Lipinski definition) is 2. The van der Waals surface area contributed by atoms with E-state index in [-0.39, 0.29) is 0 Å². The molecule has 15 heavy (non-hydrogen) atoms. The summed E-state index contributed by atoms with van der Waals surface area (Å²) < 4.78 is 0. The molecule has 0 N–H and O–H groups in total. The number of nitrogens with zero attached hydrogens (tertiary/aromatic N) is 1. The zero-order valence-electron chi connectivity index (χ0n) is 9.37. The normalized spacial score (nSPS) is 27.4. The third-order valence-electron chi connectivity index (χ3n) is 3.41. The van der Waals surface area contributed by atoms with Crippen LogP contribution in [-0.4, -0.2) is 22.8 Å². The van der Waals surface area contributed by atoms with E-state index in [9.17, 15) is 0 Å². The fourth-order valence-corrected chi connectivity index (χ4v) is 3.88. The van der Waals surface area contributed by atoms with Crippen molar-refractivity contribution in [1.82, 2.24) is 4.90 Å². The summed E-state index contributed by atoms with van der Waals surface area (Å²) >= 11 is 5.47. The maximum Gasteiger partial charge on any atom is 0.0245 e. The van der Waals surface area contributed by atoms with Crippen LogP contribution in [-0.2, 0) is 6.54 Å². The summed E-state index contributed by atoms with van der Waals surface area (Å²) in [6.45, 7) is 6.93. The van der Waals surface area contributed by atoms with Crippen LogP contribution in [0.3, 0.4) is 0 Å². The lowest BCUT2D eigenvalue weighted by atomic mass is 10.1. The van der Waals surface area contributed by atoms with Crippen molar-refractivity contribution in [3.8, 4) is 0 Å². The summed E-state index contributed by atoms with van der Waals surface area (Å²) in [5.74, 6) is 0.838. The van der Waals surface area contributed by atoms with Crippen LogP contribution in [0.2, 0.25) is 0 Å². The van der Waals surface area contributed by atoms with Crippen molar-refractivity contribution < 1.29 is 0 Å². The molecule has 0 radical (unpaired) electrons. The Bertz CT molecular complexity index is 323. The van der Waals surface area contributed by atoms with Gasteiger partial charge in [0, 0.05) is 22.8 Å². The first-order valence-electron chi connectivity index (χ1n) is 5.54. The van der Waals surface area contributed by atoms with E-state index in [4.69, 9.17) is 0 Å². The second-order valence-electron chi connectivity index (χ2n) is 4.48. The van der Waals surface area contributed by atoms with Crippen LogP contribution in [0, 0.1) is 12.8 Å². The van der Waals surface area contributed by atoms with Gasteiger partial charge in [-0.2, -0.15) is 0 Å². The molecule has 0 aromatic carbocycles. The van der Waals surface area contributed by atoms with Gasteiger partial charge in [0.1, 0.15) is 0 Å². The van der Waals surface area contributed by atoms with Crippen LogP contribution in [0.25, 0.3) is 0 Å². The van der Waals surface area contributed by atoms with Gasteiger partial charge < -0.3 is 0 Å². The Balaban J connectivity index is 1.96. The van der Waals surface area contributed by atoms with E-state index in [0.29, 0.717) is 0 Å². The number of alkyl halides is 1. The van der Waals surface area contributed by atoms with E-state index >= 15 is 0 Å². The first kappa shape index (κ1) is 11.6. The highest BCUT2D eigenvalue weighted by molar-refractivity contribution is 9.09. The van der Waals surface area contributed by atoms with Gasteiger partial charge in [0.2, 0.25) is 0 Å². The minimum absolute atomic E-state index is 0.726. The van der Waals surface area contributed by atoms with E-state index in [1.807, 2.05) is 11.3 Å². The Morgan fingerprint density at radius 2 is 2.40 bits per heavy atom. The Hall–Kier alpha value is 0.140. The summed E-state index contributed by atoms with van der Waals surface area (Å²) in [6.07, 6.45) is 1.34. The lowest BCUT2D eigenvalue weighted by Gasteiger charge is -2.23. The van der Waals surface area contributed by atoms with Gasteiger partial charge in [-0.25, -0.2) is 0 Å². The van der Waals surface area contributed by atoms with E-state index in [0.717, 1.165) is 23.8 Å². The topological polar surface area (TPSA) is 3.24 Å². The van der Waals surface area contributed by atoms with Crippen molar-refractivity contribution in [2.45, 2.75) is 32.9 Å². The van der Waals surface area contributed by atoms with E-state index < -0.39 is 0 Å². The van der Waals surface area contributed by atoms with E-state index in [1.54, 1.807) is 0 Å². The second kappa shape index (κ2) is 4.98. The average Bonchev–Trinajstić information content (AvgIpc) is 2.76. The van der Waals surface area contributed by atoms with Crippen molar-refractivity contribution in [1.29, 1.82) is 0 Å².